The van der Waals surface area contributed by atoms with Crippen LogP contribution in [0.1, 0.15) is 11.1 Å². The number of ether oxygens (including phenoxy) is 3. The normalized spacial score (nSPS) is 18.3. The number of rotatable bonds is 8. The Balaban J connectivity index is 1.34. The lowest BCUT2D eigenvalue weighted by Gasteiger charge is -2.49. The number of piperazine rings is 1. The first-order valence-electron chi connectivity index (χ1n) is 12.9. The first-order chi connectivity index (χ1) is 18.5. The van der Waals surface area contributed by atoms with E-state index in [1.807, 2.05) is 36.4 Å². The summed E-state index contributed by atoms with van der Waals surface area (Å²) in [6, 6.07) is 20.0. The molecule has 200 valence electrons. The third-order valence-electron chi connectivity index (χ3n) is 7.60. The summed E-state index contributed by atoms with van der Waals surface area (Å²) in [6.45, 7) is 2.88. The van der Waals surface area contributed by atoms with Gasteiger partial charge in [0.15, 0.2) is 11.5 Å². The van der Waals surface area contributed by atoms with E-state index in [1.54, 1.807) is 21.3 Å². The van der Waals surface area contributed by atoms with Crippen molar-refractivity contribution in [1.29, 1.82) is 0 Å². The van der Waals surface area contributed by atoms with E-state index in [0.717, 1.165) is 30.1 Å². The summed E-state index contributed by atoms with van der Waals surface area (Å²) in [5, 5.41) is 3.88. The first kappa shape index (κ1) is 26.0. The minimum atomic E-state index is -0.178. The Kier molecular flexibility index (Phi) is 7.84. The van der Waals surface area contributed by atoms with Gasteiger partial charge in [-0.3, -0.25) is 4.79 Å². The van der Waals surface area contributed by atoms with Crippen LogP contribution in [-0.4, -0.2) is 59.5 Å². The van der Waals surface area contributed by atoms with Crippen molar-refractivity contribution < 1.29 is 19.0 Å². The maximum Gasteiger partial charge on any atom is 0.225 e. The van der Waals surface area contributed by atoms with Crippen molar-refractivity contribution in [3.63, 3.8) is 0 Å². The average molecular weight is 536 g/mol. The second-order valence-corrected chi connectivity index (χ2v) is 10.1. The highest BCUT2D eigenvalue weighted by Crippen LogP contribution is 2.39. The fourth-order valence-electron chi connectivity index (χ4n) is 5.68. The van der Waals surface area contributed by atoms with Crippen LogP contribution < -0.4 is 29.3 Å². The second kappa shape index (κ2) is 11.4. The third-order valence-corrected chi connectivity index (χ3v) is 7.84. The Morgan fingerprint density at radius 1 is 0.921 bits per heavy atom. The average Bonchev–Trinajstić information content (AvgIpc) is 2.96. The quantitative estimate of drug-likeness (QED) is 0.455. The van der Waals surface area contributed by atoms with Crippen molar-refractivity contribution >= 4 is 28.9 Å². The standard InChI is InChI=1S/C30H34ClN3O4/c1-36-27-11-9-22(31)18-25(27)33-14-15-34-24-7-5-4-6-21(24)17-23(26(34)19-33)30(35)32-13-12-20-8-10-28(37-2)29(16-20)38-3/h4-11,16,18,23,26H,12-15,17,19H2,1-3H3,(H,32,35)/t23-,26+/m0/s1. The molecule has 3 aromatic rings. The molecule has 0 bridgehead atoms. The SMILES string of the molecule is COc1ccc(CCNC(=O)[C@H]2Cc3ccccc3N3CCN(c4cc(Cl)ccc4OC)C[C@H]23)cc1OC. The van der Waals surface area contributed by atoms with E-state index in [2.05, 4.69) is 39.4 Å². The largest absolute Gasteiger partial charge is 0.495 e. The molecule has 2 atom stereocenters. The fourth-order valence-corrected chi connectivity index (χ4v) is 5.85. The van der Waals surface area contributed by atoms with Crippen LogP contribution in [-0.2, 0) is 17.6 Å². The van der Waals surface area contributed by atoms with Crippen molar-refractivity contribution in [2.45, 2.75) is 18.9 Å². The molecule has 2 aliphatic rings. The number of para-hydroxylation sites is 1. The van der Waals surface area contributed by atoms with Gasteiger partial charge < -0.3 is 29.3 Å². The molecule has 7 nitrogen and oxygen atoms in total. The van der Waals surface area contributed by atoms with Gasteiger partial charge in [0.05, 0.1) is 39.0 Å². The lowest BCUT2D eigenvalue weighted by atomic mass is 9.83. The smallest absolute Gasteiger partial charge is 0.225 e. The van der Waals surface area contributed by atoms with Crippen molar-refractivity contribution in [2.75, 3.05) is 57.3 Å². The number of nitrogens with zero attached hydrogens (tertiary/aromatic N) is 2. The molecule has 0 spiro atoms. The van der Waals surface area contributed by atoms with Crippen LogP contribution in [0.4, 0.5) is 11.4 Å². The zero-order chi connectivity index (χ0) is 26.6. The topological polar surface area (TPSA) is 63.3 Å². The minimum Gasteiger partial charge on any atom is -0.495 e. The molecule has 2 aliphatic heterocycles. The third kappa shape index (κ3) is 5.20. The van der Waals surface area contributed by atoms with Gasteiger partial charge in [0.25, 0.3) is 0 Å². The monoisotopic (exact) mass is 535 g/mol. The molecule has 1 saturated heterocycles. The van der Waals surface area contributed by atoms with Gasteiger partial charge in [-0.05, 0) is 60.4 Å². The predicted octanol–water partition coefficient (Wildman–Crippen LogP) is 4.59. The highest BCUT2D eigenvalue weighted by atomic mass is 35.5. The number of hydrogen-bond donors (Lipinski definition) is 1. The van der Waals surface area contributed by atoms with Gasteiger partial charge >= 0.3 is 0 Å². The zero-order valence-electron chi connectivity index (χ0n) is 22.1. The summed E-state index contributed by atoms with van der Waals surface area (Å²) < 4.78 is 16.4. The lowest BCUT2D eigenvalue weighted by molar-refractivity contribution is -0.125. The molecule has 1 fully saturated rings. The number of carbonyl (C=O) groups excluding carboxylic acids is 1. The van der Waals surface area contributed by atoms with E-state index < -0.39 is 0 Å². The van der Waals surface area contributed by atoms with Gasteiger partial charge in [0.2, 0.25) is 5.91 Å². The summed E-state index contributed by atoms with van der Waals surface area (Å²) in [5.41, 5.74) is 4.49. The van der Waals surface area contributed by atoms with Crippen LogP contribution in [0.3, 0.4) is 0 Å². The first-order valence-corrected chi connectivity index (χ1v) is 13.3. The number of anilines is 2. The molecule has 2 heterocycles. The fraction of sp³-hybridized carbons (Fsp3) is 0.367. The molecule has 8 heteroatoms. The minimum absolute atomic E-state index is 0.0309. The summed E-state index contributed by atoms with van der Waals surface area (Å²) in [6.07, 6.45) is 1.41. The predicted molar refractivity (Wildman–Crippen MR) is 151 cm³/mol. The van der Waals surface area contributed by atoms with Crippen molar-refractivity contribution in [2.24, 2.45) is 5.92 Å². The Labute approximate surface area is 229 Å². The maximum atomic E-state index is 13.7. The number of nitrogens with one attached hydrogen (secondary N) is 1. The summed E-state index contributed by atoms with van der Waals surface area (Å²) >= 11 is 6.35. The summed E-state index contributed by atoms with van der Waals surface area (Å²) in [7, 11) is 4.93. The molecular weight excluding hydrogens is 502 g/mol. The van der Waals surface area contributed by atoms with Crippen LogP contribution in [0.15, 0.2) is 60.7 Å². The molecule has 1 amide bonds. The van der Waals surface area contributed by atoms with Crippen molar-refractivity contribution in [3.05, 3.63) is 76.8 Å². The molecule has 38 heavy (non-hydrogen) atoms. The van der Waals surface area contributed by atoms with Crippen LogP contribution in [0.2, 0.25) is 5.02 Å². The Morgan fingerprint density at radius 2 is 1.68 bits per heavy atom. The summed E-state index contributed by atoms with van der Waals surface area (Å²) in [4.78, 5) is 18.4. The number of fused-ring (bicyclic) bond motifs is 3. The Morgan fingerprint density at radius 3 is 2.47 bits per heavy atom. The molecule has 0 aromatic heterocycles. The molecule has 0 radical (unpaired) electrons. The van der Waals surface area contributed by atoms with E-state index >= 15 is 0 Å². The number of methoxy groups -OCH3 is 3. The van der Waals surface area contributed by atoms with Crippen LogP contribution in [0, 0.1) is 5.92 Å². The highest BCUT2D eigenvalue weighted by Gasteiger charge is 2.41. The molecule has 0 aliphatic carbocycles. The van der Waals surface area contributed by atoms with E-state index in [0.29, 0.717) is 42.5 Å². The second-order valence-electron chi connectivity index (χ2n) is 9.69. The number of benzene rings is 3. The van der Waals surface area contributed by atoms with E-state index in [9.17, 15) is 4.79 Å². The van der Waals surface area contributed by atoms with Gasteiger partial charge in [-0.2, -0.15) is 0 Å². The van der Waals surface area contributed by atoms with Gasteiger partial charge in [0.1, 0.15) is 5.75 Å². The molecule has 0 unspecified atom stereocenters. The molecule has 1 N–H and O–H groups in total. The lowest BCUT2D eigenvalue weighted by Crippen LogP contribution is -2.61. The molecule has 3 aromatic carbocycles. The highest BCUT2D eigenvalue weighted by molar-refractivity contribution is 6.31. The zero-order valence-corrected chi connectivity index (χ0v) is 22.8. The molecular formula is C30H34ClN3O4. The van der Waals surface area contributed by atoms with Gasteiger partial charge in [-0.25, -0.2) is 0 Å². The van der Waals surface area contributed by atoms with Crippen LogP contribution in [0.5, 0.6) is 17.2 Å². The van der Waals surface area contributed by atoms with Crippen molar-refractivity contribution in [1.82, 2.24) is 5.32 Å². The van der Waals surface area contributed by atoms with E-state index in [1.165, 1.54) is 11.3 Å². The van der Waals surface area contributed by atoms with Crippen LogP contribution >= 0.6 is 11.6 Å². The Bertz CT molecular complexity index is 1300. The van der Waals surface area contributed by atoms with Gasteiger partial charge in [-0.15, -0.1) is 0 Å². The Hall–Kier alpha value is -3.58. The van der Waals surface area contributed by atoms with E-state index in [-0.39, 0.29) is 17.9 Å². The van der Waals surface area contributed by atoms with Crippen molar-refractivity contribution in [3.8, 4) is 17.2 Å². The van der Waals surface area contributed by atoms with Gasteiger partial charge in [-0.1, -0.05) is 35.9 Å². The summed E-state index contributed by atoms with van der Waals surface area (Å²) in [5.74, 6) is 2.07. The van der Waals surface area contributed by atoms with Crippen LogP contribution in [0.25, 0.3) is 0 Å². The number of hydrogen-bond acceptors (Lipinski definition) is 6. The van der Waals surface area contributed by atoms with Gasteiger partial charge in [0, 0.05) is 36.9 Å². The maximum absolute atomic E-state index is 13.7. The molecule has 5 rings (SSSR count). The number of carbonyl (C=O) groups is 1. The van der Waals surface area contributed by atoms with E-state index in [4.69, 9.17) is 25.8 Å². The number of halogens is 1. The number of amides is 1. The molecule has 0 saturated carbocycles.